The fourth-order valence-electron chi connectivity index (χ4n) is 2.49. The van der Waals surface area contributed by atoms with Gasteiger partial charge in [-0.15, -0.1) is 0 Å². The Labute approximate surface area is 142 Å². The first-order chi connectivity index (χ1) is 11.4. The number of carbonyl (C=O) groups excluding carboxylic acids is 3. The zero-order valence-corrected chi connectivity index (χ0v) is 14.5. The molecule has 0 saturated heterocycles. The molecule has 0 radical (unpaired) electrons. The number of ketones is 1. The Kier molecular flexibility index (Phi) is 8.15. The Morgan fingerprint density at radius 1 is 1.38 bits per heavy atom. The second-order valence-corrected chi connectivity index (χ2v) is 5.85. The maximum Gasteiger partial charge on any atom is 0.313 e. The third-order valence-electron chi connectivity index (χ3n) is 3.89. The number of hydrogen-bond acceptors (Lipinski definition) is 7. The van der Waals surface area contributed by atoms with Crippen molar-refractivity contribution in [1.82, 2.24) is 0 Å². The molecule has 0 spiro atoms. The summed E-state index contributed by atoms with van der Waals surface area (Å²) < 4.78 is 9.41. The van der Waals surface area contributed by atoms with Gasteiger partial charge in [0, 0.05) is 17.8 Å². The fraction of sp³-hybridized carbons (Fsp3) is 0.647. The highest BCUT2D eigenvalue weighted by Crippen LogP contribution is 2.28. The SMILES string of the molecule is CCOC(=O)CC(=O)C1CCC(N)=C(C=NC(C)CC(=O)OC)C1. The van der Waals surface area contributed by atoms with Crippen LogP contribution in [0, 0.1) is 5.92 Å². The first-order valence-corrected chi connectivity index (χ1v) is 8.13. The molecule has 0 heterocycles. The van der Waals surface area contributed by atoms with Gasteiger partial charge in [-0.25, -0.2) is 0 Å². The largest absolute Gasteiger partial charge is 0.469 e. The third kappa shape index (κ3) is 6.52. The predicted octanol–water partition coefficient (Wildman–Crippen LogP) is 1.54. The quantitative estimate of drug-likeness (QED) is 0.408. The summed E-state index contributed by atoms with van der Waals surface area (Å²) in [5, 5.41) is 0. The van der Waals surface area contributed by atoms with Gasteiger partial charge in [-0.05, 0) is 38.7 Å². The van der Waals surface area contributed by atoms with E-state index in [1.165, 1.54) is 7.11 Å². The molecule has 0 fully saturated rings. The molecule has 24 heavy (non-hydrogen) atoms. The normalized spacial score (nSPS) is 19.2. The number of allylic oxidation sites excluding steroid dienone is 2. The summed E-state index contributed by atoms with van der Waals surface area (Å²) in [7, 11) is 1.33. The molecule has 7 heteroatoms. The van der Waals surface area contributed by atoms with E-state index in [2.05, 4.69) is 9.73 Å². The number of methoxy groups -OCH3 is 1. The molecule has 0 bridgehead atoms. The Hall–Kier alpha value is -2.18. The van der Waals surface area contributed by atoms with Crippen LogP contribution < -0.4 is 5.73 Å². The van der Waals surface area contributed by atoms with Crippen molar-refractivity contribution in [3.63, 3.8) is 0 Å². The predicted molar refractivity (Wildman–Crippen MR) is 89.4 cm³/mol. The van der Waals surface area contributed by atoms with Gasteiger partial charge >= 0.3 is 11.9 Å². The van der Waals surface area contributed by atoms with Crippen LogP contribution in [-0.4, -0.2) is 43.7 Å². The van der Waals surface area contributed by atoms with Crippen molar-refractivity contribution in [2.24, 2.45) is 16.6 Å². The highest BCUT2D eigenvalue weighted by Gasteiger charge is 2.26. The van der Waals surface area contributed by atoms with Crippen molar-refractivity contribution >= 4 is 23.9 Å². The minimum atomic E-state index is -0.494. The van der Waals surface area contributed by atoms with Gasteiger partial charge in [0.25, 0.3) is 0 Å². The molecular formula is C17H26N2O5. The maximum absolute atomic E-state index is 12.2. The molecule has 134 valence electrons. The summed E-state index contributed by atoms with van der Waals surface area (Å²) in [5.74, 6) is -1.20. The highest BCUT2D eigenvalue weighted by atomic mass is 16.5. The molecule has 2 N–H and O–H groups in total. The number of Topliss-reactive ketones (excluding diaryl/α,β-unsaturated/α-hetero) is 1. The second kappa shape index (κ2) is 9.85. The van der Waals surface area contributed by atoms with Gasteiger partial charge in [0.05, 0.1) is 26.2 Å². The molecule has 2 atom stereocenters. The molecule has 0 aliphatic heterocycles. The van der Waals surface area contributed by atoms with Crippen LogP contribution in [-0.2, 0) is 23.9 Å². The van der Waals surface area contributed by atoms with E-state index in [1.807, 2.05) is 0 Å². The lowest BCUT2D eigenvalue weighted by Crippen LogP contribution is -2.25. The van der Waals surface area contributed by atoms with Crippen LogP contribution in [0.1, 0.15) is 46.0 Å². The van der Waals surface area contributed by atoms with E-state index in [1.54, 1.807) is 20.1 Å². The van der Waals surface area contributed by atoms with E-state index in [0.717, 1.165) is 5.57 Å². The fourth-order valence-corrected chi connectivity index (χ4v) is 2.49. The number of ether oxygens (including phenoxy) is 2. The average molecular weight is 338 g/mol. The van der Waals surface area contributed by atoms with Gasteiger partial charge in [0.1, 0.15) is 12.2 Å². The number of rotatable bonds is 8. The van der Waals surface area contributed by atoms with Crippen LogP contribution in [0.15, 0.2) is 16.3 Å². The Morgan fingerprint density at radius 2 is 2.08 bits per heavy atom. The van der Waals surface area contributed by atoms with Crippen molar-refractivity contribution in [3.8, 4) is 0 Å². The molecule has 1 rings (SSSR count). The molecule has 0 amide bonds. The molecule has 7 nitrogen and oxygen atoms in total. The summed E-state index contributed by atoms with van der Waals surface area (Å²) in [4.78, 5) is 39.1. The maximum atomic E-state index is 12.2. The number of nitrogens with two attached hydrogens (primary N) is 1. The van der Waals surface area contributed by atoms with E-state index in [-0.39, 0.29) is 43.2 Å². The monoisotopic (exact) mass is 338 g/mol. The minimum absolute atomic E-state index is 0.130. The number of nitrogens with zero attached hydrogens (tertiary/aromatic N) is 1. The Morgan fingerprint density at radius 3 is 2.71 bits per heavy atom. The summed E-state index contributed by atoms with van der Waals surface area (Å²) in [6, 6.07) is -0.228. The molecule has 2 unspecified atom stereocenters. The molecule has 0 saturated carbocycles. The van der Waals surface area contributed by atoms with Crippen molar-refractivity contribution in [1.29, 1.82) is 0 Å². The average Bonchev–Trinajstić information content (AvgIpc) is 2.53. The van der Waals surface area contributed by atoms with Gasteiger partial charge in [0.15, 0.2) is 0 Å². The van der Waals surface area contributed by atoms with Crippen LogP contribution in [0.2, 0.25) is 0 Å². The molecule has 0 aromatic carbocycles. The summed E-state index contributed by atoms with van der Waals surface area (Å²) in [6.07, 6.45) is 3.28. The van der Waals surface area contributed by atoms with Gasteiger partial charge in [-0.2, -0.15) is 0 Å². The van der Waals surface area contributed by atoms with E-state index in [9.17, 15) is 14.4 Å². The molecule has 1 aliphatic rings. The smallest absolute Gasteiger partial charge is 0.313 e. The molecular weight excluding hydrogens is 312 g/mol. The Balaban J connectivity index is 2.63. The van der Waals surface area contributed by atoms with Crippen LogP contribution in [0.25, 0.3) is 0 Å². The topological polar surface area (TPSA) is 108 Å². The van der Waals surface area contributed by atoms with Crippen molar-refractivity contribution in [2.45, 2.75) is 52.0 Å². The zero-order valence-electron chi connectivity index (χ0n) is 14.5. The van der Waals surface area contributed by atoms with Crippen LogP contribution in [0.5, 0.6) is 0 Å². The first kappa shape index (κ1) is 19.9. The Bertz CT molecular complexity index is 539. The third-order valence-corrected chi connectivity index (χ3v) is 3.89. The zero-order chi connectivity index (χ0) is 18.1. The first-order valence-electron chi connectivity index (χ1n) is 8.13. The van der Waals surface area contributed by atoms with Gasteiger partial charge in [-0.1, -0.05) is 0 Å². The van der Waals surface area contributed by atoms with Gasteiger partial charge in [-0.3, -0.25) is 19.4 Å². The summed E-state index contributed by atoms with van der Waals surface area (Å²) in [6.45, 7) is 3.77. The van der Waals surface area contributed by atoms with Crippen LogP contribution in [0.4, 0.5) is 0 Å². The van der Waals surface area contributed by atoms with Crippen molar-refractivity contribution in [3.05, 3.63) is 11.3 Å². The van der Waals surface area contributed by atoms with Crippen LogP contribution in [0.3, 0.4) is 0 Å². The molecule has 0 aromatic heterocycles. The highest BCUT2D eigenvalue weighted by molar-refractivity contribution is 5.97. The molecule has 0 aromatic rings. The van der Waals surface area contributed by atoms with E-state index >= 15 is 0 Å². The number of carbonyl (C=O) groups is 3. The van der Waals surface area contributed by atoms with E-state index in [0.29, 0.717) is 25.0 Å². The number of hydrogen-bond donors (Lipinski definition) is 1. The van der Waals surface area contributed by atoms with Gasteiger partial charge in [0.2, 0.25) is 0 Å². The van der Waals surface area contributed by atoms with E-state index in [4.69, 9.17) is 10.5 Å². The lowest BCUT2D eigenvalue weighted by molar-refractivity contribution is -0.146. The van der Waals surface area contributed by atoms with Crippen molar-refractivity contribution in [2.75, 3.05) is 13.7 Å². The lowest BCUT2D eigenvalue weighted by Gasteiger charge is -2.22. The second-order valence-electron chi connectivity index (χ2n) is 5.85. The van der Waals surface area contributed by atoms with E-state index < -0.39 is 5.97 Å². The van der Waals surface area contributed by atoms with Gasteiger partial charge < -0.3 is 15.2 Å². The summed E-state index contributed by atoms with van der Waals surface area (Å²) in [5.41, 5.74) is 7.49. The summed E-state index contributed by atoms with van der Waals surface area (Å²) >= 11 is 0. The lowest BCUT2D eigenvalue weighted by atomic mass is 9.83. The molecule has 1 aliphatic carbocycles. The minimum Gasteiger partial charge on any atom is -0.469 e. The standard InChI is InChI=1S/C17H26N2O5/c1-4-24-17(22)9-15(20)12-5-6-14(18)13(8-12)10-19-11(2)7-16(21)23-3/h10-12H,4-9,18H2,1-3H3. The number of esters is 2. The van der Waals surface area contributed by atoms with Crippen molar-refractivity contribution < 1.29 is 23.9 Å². The number of aliphatic imine (C=N–C) groups is 1. The van der Waals surface area contributed by atoms with Crippen LogP contribution >= 0.6 is 0 Å².